The number of amides is 2. The number of aliphatic carboxylic acids is 1. The van der Waals surface area contributed by atoms with Crippen molar-refractivity contribution in [1.82, 2.24) is 10.6 Å². The van der Waals surface area contributed by atoms with Crippen LogP contribution in [0.4, 0.5) is 0 Å². The molecule has 0 aromatic heterocycles. The number of carboxylic acids is 1. The highest BCUT2D eigenvalue weighted by molar-refractivity contribution is 8.00. The third kappa shape index (κ3) is 7.06. The largest absolute Gasteiger partial charge is 0.481 e. The van der Waals surface area contributed by atoms with E-state index in [-0.39, 0.29) is 16.7 Å². The van der Waals surface area contributed by atoms with E-state index in [1.165, 1.54) is 0 Å². The molecule has 0 spiro atoms. The SMILES string of the molecule is CSC(C)(C)C(NC(=O)[C@@H](CO)NC(=O)[C@@H](N)CC(=O)O)C(C)C. The van der Waals surface area contributed by atoms with Gasteiger partial charge in [-0.15, -0.1) is 0 Å². The van der Waals surface area contributed by atoms with Crippen molar-refractivity contribution in [2.45, 2.75) is 57.0 Å². The zero-order chi connectivity index (χ0) is 19.1. The lowest BCUT2D eigenvalue weighted by Crippen LogP contribution is -2.58. The number of carbonyl (C=O) groups is 3. The van der Waals surface area contributed by atoms with E-state index in [2.05, 4.69) is 10.6 Å². The van der Waals surface area contributed by atoms with Crippen LogP contribution in [0.5, 0.6) is 0 Å². The lowest BCUT2D eigenvalue weighted by atomic mass is 9.92. The number of rotatable bonds is 10. The Morgan fingerprint density at radius 3 is 2.08 bits per heavy atom. The van der Waals surface area contributed by atoms with Crippen LogP contribution in [0.1, 0.15) is 34.1 Å². The van der Waals surface area contributed by atoms with Gasteiger partial charge < -0.3 is 26.6 Å². The van der Waals surface area contributed by atoms with Crippen LogP contribution in [0, 0.1) is 5.92 Å². The summed E-state index contributed by atoms with van der Waals surface area (Å²) in [7, 11) is 0. The van der Waals surface area contributed by atoms with Crippen LogP contribution in [0.25, 0.3) is 0 Å². The van der Waals surface area contributed by atoms with E-state index < -0.39 is 42.9 Å². The molecule has 0 bridgehead atoms. The predicted molar refractivity (Wildman–Crippen MR) is 93.6 cm³/mol. The van der Waals surface area contributed by atoms with Crippen molar-refractivity contribution in [3.8, 4) is 0 Å². The van der Waals surface area contributed by atoms with Crippen LogP contribution >= 0.6 is 11.8 Å². The van der Waals surface area contributed by atoms with E-state index in [1.54, 1.807) is 11.8 Å². The Bertz CT molecular complexity index is 456. The molecular formula is C15H29N3O5S. The van der Waals surface area contributed by atoms with Gasteiger partial charge in [-0.05, 0) is 26.0 Å². The van der Waals surface area contributed by atoms with Gasteiger partial charge in [-0.25, -0.2) is 0 Å². The predicted octanol–water partition coefficient (Wildman–Crippen LogP) is -0.452. The zero-order valence-corrected chi connectivity index (χ0v) is 15.6. The first kappa shape index (κ1) is 22.7. The molecule has 6 N–H and O–H groups in total. The van der Waals surface area contributed by atoms with Crippen LogP contribution in [0.3, 0.4) is 0 Å². The molecule has 0 saturated carbocycles. The van der Waals surface area contributed by atoms with Gasteiger partial charge in [0, 0.05) is 10.8 Å². The maximum Gasteiger partial charge on any atom is 0.305 e. The number of nitrogens with two attached hydrogens (primary N) is 1. The van der Waals surface area contributed by atoms with Crippen molar-refractivity contribution in [2.75, 3.05) is 12.9 Å². The van der Waals surface area contributed by atoms with Crippen LogP contribution in [-0.4, -0.2) is 63.7 Å². The maximum absolute atomic E-state index is 12.4. The number of hydrogen-bond acceptors (Lipinski definition) is 6. The van der Waals surface area contributed by atoms with Gasteiger partial charge >= 0.3 is 5.97 Å². The van der Waals surface area contributed by atoms with E-state index in [4.69, 9.17) is 10.8 Å². The van der Waals surface area contributed by atoms with Crippen molar-refractivity contribution in [3.63, 3.8) is 0 Å². The molecule has 0 saturated heterocycles. The van der Waals surface area contributed by atoms with Gasteiger partial charge in [0.1, 0.15) is 6.04 Å². The fraction of sp³-hybridized carbons (Fsp3) is 0.800. The highest BCUT2D eigenvalue weighted by atomic mass is 32.2. The van der Waals surface area contributed by atoms with Crippen molar-refractivity contribution in [2.24, 2.45) is 11.7 Å². The molecule has 24 heavy (non-hydrogen) atoms. The van der Waals surface area contributed by atoms with Crippen LogP contribution in [0.15, 0.2) is 0 Å². The second-order valence-electron chi connectivity index (χ2n) is 6.49. The first-order valence-corrected chi connectivity index (χ1v) is 8.92. The molecular weight excluding hydrogens is 334 g/mol. The van der Waals surface area contributed by atoms with E-state index in [0.29, 0.717) is 0 Å². The number of carbonyl (C=O) groups excluding carboxylic acids is 2. The molecule has 1 unspecified atom stereocenters. The lowest BCUT2D eigenvalue weighted by Gasteiger charge is -2.37. The smallest absolute Gasteiger partial charge is 0.305 e. The first-order valence-electron chi connectivity index (χ1n) is 7.70. The fourth-order valence-electron chi connectivity index (χ4n) is 2.28. The Morgan fingerprint density at radius 2 is 1.71 bits per heavy atom. The summed E-state index contributed by atoms with van der Waals surface area (Å²) in [5, 5.41) is 23.2. The molecule has 0 rings (SSSR count). The summed E-state index contributed by atoms with van der Waals surface area (Å²) in [6, 6.07) is -2.65. The number of nitrogens with one attached hydrogen (secondary N) is 2. The molecule has 0 aliphatic heterocycles. The summed E-state index contributed by atoms with van der Waals surface area (Å²) >= 11 is 1.60. The summed E-state index contributed by atoms with van der Waals surface area (Å²) in [6.07, 6.45) is 1.39. The number of carboxylic acid groups (broad SMARTS) is 1. The first-order chi connectivity index (χ1) is 11.0. The normalized spacial score (nSPS) is 15.5. The van der Waals surface area contributed by atoms with Crippen molar-refractivity contribution in [3.05, 3.63) is 0 Å². The van der Waals surface area contributed by atoms with Gasteiger partial charge in [0.15, 0.2) is 0 Å². The zero-order valence-electron chi connectivity index (χ0n) is 14.8. The maximum atomic E-state index is 12.4. The molecule has 3 atom stereocenters. The molecule has 9 heteroatoms. The lowest BCUT2D eigenvalue weighted by molar-refractivity contribution is -0.139. The van der Waals surface area contributed by atoms with E-state index in [0.717, 1.165) is 0 Å². The summed E-state index contributed by atoms with van der Waals surface area (Å²) < 4.78 is -0.243. The van der Waals surface area contributed by atoms with E-state index in [1.807, 2.05) is 34.0 Å². The molecule has 140 valence electrons. The van der Waals surface area contributed by atoms with Gasteiger partial charge in [0.2, 0.25) is 11.8 Å². The van der Waals surface area contributed by atoms with Gasteiger partial charge in [-0.1, -0.05) is 13.8 Å². The quantitative estimate of drug-likeness (QED) is 0.354. The van der Waals surface area contributed by atoms with Gasteiger partial charge in [-0.2, -0.15) is 11.8 Å². The number of aliphatic hydroxyl groups is 1. The van der Waals surface area contributed by atoms with Crippen LogP contribution < -0.4 is 16.4 Å². The van der Waals surface area contributed by atoms with E-state index in [9.17, 15) is 19.5 Å². The third-order valence-electron chi connectivity index (χ3n) is 3.79. The highest BCUT2D eigenvalue weighted by Crippen LogP contribution is 2.29. The molecule has 0 aromatic rings. The van der Waals surface area contributed by atoms with Crippen molar-refractivity contribution >= 4 is 29.5 Å². The molecule has 0 aromatic carbocycles. The monoisotopic (exact) mass is 363 g/mol. The number of thioether (sulfide) groups is 1. The summed E-state index contributed by atoms with van der Waals surface area (Å²) in [5.74, 6) is -2.41. The molecule has 0 fully saturated rings. The van der Waals surface area contributed by atoms with Gasteiger partial charge in [0.05, 0.1) is 19.1 Å². The van der Waals surface area contributed by atoms with Crippen molar-refractivity contribution in [1.29, 1.82) is 0 Å². The standard InChI is InChI=1S/C15H29N3O5S/c1-8(2)12(15(3,4)24-5)18-14(23)10(7-19)17-13(22)9(16)6-11(20)21/h8-10,12,19H,6-7,16H2,1-5H3,(H,17,22)(H,18,23)(H,20,21)/t9-,10+,12?/m0/s1. The van der Waals surface area contributed by atoms with Crippen molar-refractivity contribution < 1.29 is 24.6 Å². The minimum absolute atomic E-state index is 0.140. The molecule has 0 aliphatic carbocycles. The Labute approximate surface area is 146 Å². The van der Waals surface area contributed by atoms with Crippen LogP contribution in [-0.2, 0) is 14.4 Å². The van der Waals surface area contributed by atoms with Gasteiger partial charge in [-0.3, -0.25) is 14.4 Å². The summed E-state index contributed by atoms with van der Waals surface area (Å²) in [6.45, 7) is 7.33. The average molecular weight is 363 g/mol. The summed E-state index contributed by atoms with van der Waals surface area (Å²) in [5.41, 5.74) is 5.45. The molecule has 0 aliphatic rings. The molecule has 8 nitrogen and oxygen atoms in total. The second-order valence-corrected chi connectivity index (χ2v) is 7.95. The minimum atomic E-state index is -1.28. The fourth-order valence-corrected chi connectivity index (χ4v) is 2.86. The Hall–Kier alpha value is -1.32. The Balaban J connectivity index is 4.96. The Kier molecular flexibility index (Phi) is 9.31. The van der Waals surface area contributed by atoms with Gasteiger partial charge in [0.25, 0.3) is 0 Å². The topological polar surface area (TPSA) is 142 Å². The number of hydrogen-bond donors (Lipinski definition) is 5. The third-order valence-corrected chi connectivity index (χ3v) is 5.09. The molecule has 2 amide bonds. The van der Waals surface area contributed by atoms with Crippen LogP contribution in [0.2, 0.25) is 0 Å². The minimum Gasteiger partial charge on any atom is -0.481 e. The second kappa shape index (κ2) is 9.85. The summed E-state index contributed by atoms with van der Waals surface area (Å²) in [4.78, 5) is 34.8. The molecule has 0 heterocycles. The molecule has 0 radical (unpaired) electrons. The average Bonchev–Trinajstić information content (AvgIpc) is 2.48. The van der Waals surface area contributed by atoms with E-state index >= 15 is 0 Å². The highest BCUT2D eigenvalue weighted by Gasteiger charge is 2.34. The number of aliphatic hydroxyl groups excluding tert-OH is 1. The Morgan fingerprint density at radius 1 is 1.17 bits per heavy atom.